The van der Waals surface area contributed by atoms with E-state index in [1.54, 1.807) is 0 Å². The molecule has 1 amide bonds. The smallest absolute Gasteiger partial charge is 0.237 e. The summed E-state index contributed by atoms with van der Waals surface area (Å²) in [6, 6.07) is 8.07. The van der Waals surface area contributed by atoms with Crippen molar-refractivity contribution in [2.75, 3.05) is 28.7 Å². The number of aromatic nitrogens is 3. The normalized spacial score (nSPS) is 20.9. The molecule has 0 bridgehead atoms. The Hall–Kier alpha value is -1.87. The minimum atomic E-state index is -2.89. The summed E-state index contributed by atoms with van der Waals surface area (Å²) in [7, 11) is -1.02. The van der Waals surface area contributed by atoms with Gasteiger partial charge in [0.05, 0.1) is 17.3 Å². The number of fused-ring (bicyclic) bond motifs is 1. The number of amides is 1. The number of para-hydroxylation sites is 1. The molecule has 1 aromatic heterocycles. The van der Waals surface area contributed by atoms with Crippen molar-refractivity contribution in [2.24, 2.45) is 13.0 Å². The number of benzene rings is 1. The Labute approximate surface area is 169 Å². The Morgan fingerprint density at radius 2 is 2.11 bits per heavy atom. The van der Waals surface area contributed by atoms with E-state index in [0.29, 0.717) is 23.8 Å². The summed E-state index contributed by atoms with van der Waals surface area (Å²) in [5.41, 5.74) is 2.24. The molecule has 0 spiro atoms. The number of nitrogens with zero attached hydrogens (tertiary/aromatic N) is 4. The summed E-state index contributed by atoms with van der Waals surface area (Å²) in [4.78, 5) is 14.7. The molecule has 28 heavy (non-hydrogen) atoms. The molecule has 4 rings (SSSR count). The lowest BCUT2D eigenvalue weighted by Gasteiger charge is -2.29. The van der Waals surface area contributed by atoms with Gasteiger partial charge in [-0.1, -0.05) is 30.0 Å². The molecule has 2 aromatic rings. The molecule has 1 aromatic carbocycles. The van der Waals surface area contributed by atoms with E-state index in [9.17, 15) is 13.2 Å². The van der Waals surface area contributed by atoms with Gasteiger partial charge in [0, 0.05) is 25.7 Å². The molecule has 9 heteroatoms. The maximum atomic E-state index is 12.8. The second kappa shape index (κ2) is 7.87. The summed E-state index contributed by atoms with van der Waals surface area (Å²) < 4.78 is 25.2. The van der Waals surface area contributed by atoms with Crippen LogP contribution in [0.4, 0.5) is 5.69 Å². The van der Waals surface area contributed by atoms with E-state index in [4.69, 9.17) is 0 Å². The SMILES string of the molecule is Cn1c(C[C@@H]2CCS(=O)(=O)C2)nnc1SCC(=O)N1CCCc2ccccc21. The molecule has 1 saturated heterocycles. The third-order valence-corrected chi connectivity index (χ3v) is 8.30. The fraction of sp³-hybridized carbons (Fsp3) is 0.526. The first-order valence-electron chi connectivity index (χ1n) is 9.53. The van der Waals surface area contributed by atoms with Gasteiger partial charge in [-0.05, 0) is 36.8 Å². The van der Waals surface area contributed by atoms with Gasteiger partial charge in [0.25, 0.3) is 0 Å². The lowest BCUT2D eigenvalue weighted by Crippen LogP contribution is -2.36. The summed E-state index contributed by atoms with van der Waals surface area (Å²) in [5, 5.41) is 9.13. The molecule has 0 unspecified atom stereocenters. The predicted molar refractivity (Wildman–Crippen MR) is 109 cm³/mol. The third-order valence-electron chi connectivity index (χ3n) is 5.46. The van der Waals surface area contributed by atoms with E-state index in [0.717, 1.165) is 30.9 Å². The molecule has 0 N–H and O–H groups in total. The lowest BCUT2D eigenvalue weighted by molar-refractivity contribution is -0.116. The summed E-state index contributed by atoms with van der Waals surface area (Å²) in [6.45, 7) is 0.747. The van der Waals surface area contributed by atoms with E-state index in [1.807, 2.05) is 34.7 Å². The van der Waals surface area contributed by atoms with Gasteiger partial charge in [-0.2, -0.15) is 0 Å². The number of rotatable bonds is 5. The van der Waals surface area contributed by atoms with Gasteiger partial charge < -0.3 is 9.47 Å². The molecule has 2 aliphatic rings. The fourth-order valence-electron chi connectivity index (χ4n) is 3.94. The van der Waals surface area contributed by atoms with E-state index >= 15 is 0 Å². The minimum absolute atomic E-state index is 0.0728. The van der Waals surface area contributed by atoms with Crippen molar-refractivity contribution in [3.63, 3.8) is 0 Å². The molecule has 2 aliphatic heterocycles. The highest BCUT2D eigenvalue weighted by molar-refractivity contribution is 7.99. The fourth-order valence-corrected chi connectivity index (χ4v) is 6.60. The van der Waals surface area contributed by atoms with Gasteiger partial charge in [0.15, 0.2) is 15.0 Å². The van der Waals surface area contributed by atoms with Crippen LogP contribution >= 0.6 is 11.8 Å². The Morgan fingerprint density at radius 3 is 2.89 bits per heavy atom. The van der Waals surface area contributed by atoms with Crippen LogP contribution in [0.15, 0.2) is 29.4 Å². The van der Waals surface area contributed by atoms with Crippen LogP contribution in [0.2, 0.25) is 0 Å². The van der Waals surface area contributed by atoms with Crippen molar-refractivity contribution in [2.45, 2.75) is 30.8 Å². The van der Waals surface area contributed by atoms with Gasteiger partial charge in [0.2, 0.25) is 5.91 Å². The number of carbonyl (C=O) groups excluding carboxylic acids is 1. The van der Waals surface area contributed by atoms with Crippen molar-refractivity contribution in [3.05, 3.63) is 35.7 Å². The zero-order chi connectivity index (χ0) is 19.7. The first-order valence-corrected chi connectivity index (χ1v) is 12.3. The predicted octanol–water partition coefficient (Wildman–Crippen LogP) is 1.86. The number of hydrogen-bond donors (Lipinski definition) is 0. The molecule has 1 fully saturated rings. The molecule has 0 aliphatic carbocycles. The number of hydrogen-bond acceptors (Lipinski definition) is 6. The van der Waals surface area contributed by atoms with Crippen LogP contribution in [0.1, 0.15) is 24.2 Å². The topological polar surface area (TPSA) is 85.2 Å². The highest BCUT2D eigenvalue weighted by Crippen LogP contribution is 2.28. The summed E-state index contributed by atoms with van der Waals surface area (Å²) in [5.74, 6) is 1.76. The van der Waals surface area contributed by atoms with Crippen LogP contribution < -0.4 is 4.90 Å². The van der Waals surface area contributed by atoms with Gasteiger partial charge in [-0.3, -0.25) is 4.79 Å². The van der Waals surface area contributed by atoms with E-state index in [1.165, 1.54) is 17.3 Å². The Morgan fingerprint density at radius 1 is 1.29 bits per heavy atom. The molecule has 0 radical (unpaired) electrons. The molecule has 3 heterocycles. The number of sulfone groups is 1. The van der Waals surface area contributed by atoms with Gasteiger partial charge >= 0.3 is 0 Å². The number of anilines is 1. The average molecular weight is 421 g/mol. The van der Waals surface area contributed by atoms with Gasteiger partial charge in [-0.25, -0.2) is 8.42 Å². The van der Waals surface area contributed by atoms with Crippen LogP contribution in [0.25, 0.3) is 0 Å². The quantitative estimate of drug-likeness (QED) is 0.687. The lowest BCUT2D eigenvalue weighted by atomic mass is 10.0. The Balaban J connectivity index is 1.38. The largest absolute Gasteiger partial charge is 0.311 e. The van der Waals surface area contributed by atoms with Crippen molar-refractivity contribution >= 4 is 33.2 Å². The highest BCUT2D eigenvalue weighted by atomic mass is 32.2. The van der Waals surface area contributed by atoms with Crippen LogP contribution in [-0.2, 0) is 34.5 Å². The van der Waals surface area contributed by atoms with Crippen LogP contribution in [0.3, 0.4) is 0 Å². The van der Waals surface area contributed by atoms with E-state index in [-0.39, 0.29) is 23.3 Å². The zero-order valence-corrected chi connectivity index (χ0v) is 17.5. The molecule has 7 nitrogen and oxygen atoms in total. The molecule has 150 valence electrons. The summed E-state index contributed by atoms with van der Waals surface area (Å²) in [6.07, 6.45) is 3.28. The van der Waals surface area contributed by atoms with Crippen LogP contribution in [0.5, 0.6) is 0 Å². The minimum Gasteiger partial charge on any atom is -0.311 e. The maximum absolute atomic E-state index is 12.8. The third kappa shape index (κ3) is 4.10. The summed E-state index contributed by atoms with van der Waals surface area (Å²) >= 11 is 1.38. The second-order valence-corrected chi connectivity index (χ2v) is 10.7. The van der Waals surface area contributed by atoms with Crippen LogP contribution in [0, 0.1) is 5.92 Å². The second-order valence-electron chi connectivity index (χ2n) is 7.50. The maximum Gasteiger partial charge on any atom is 0.237 e. The number of carbonyl (C=O) groups is 1. The van der Waals surface area contributed by atoms with Crippen molar-refractivity contribution in [1.82, 2.24) is 14.8 Å². The van der Waals surface area contributed by atoms with E-state index < -0.39 is 9.84 Å². The van der Waals surface area contributed by atoms with Gasteiger partial charge in [0.1, 0.15) is 5.82 Å². The standard InChI is InChI=1S/C19H24N4O3S2/c1-22-17(11-14-8-10-28(25,26)13-14)20-21-19(22)27-12-18(24)23-9-4-6-15-5-2-3-7-16(15)23/h2-3,5,7,14H,4,6,8-13H2,1H3/t14-/m0/s1. The first-order chi connectivity index (χ1) is 13.4. The Bertz CT molecular complexity index is 987. The molecular weight excluding hydrogens is 396 g/mol. The zero-order valence-electron chi connectivity index (χ0n) is 15.9. The van der Waals surface area contributed by atoms with E-state index in [2.05, 4.69) is 16.3 Å². The molecule has 0 saturated carbocycles. The monoisotopic (exact) mass is 420 g/mol. The molecule has 1 atom stereocenters. The van der Waals surface area contributed by atoms with Crippen LogP contribution in [-0.4, -0.2) is 52.9 Å². The number of thioether (sulfide) groups is 1. The average Bonchev–Trinajstić information content (AvgIpc) is 3.21. The number of aryl methyl sites for hydroxylation is 1. The molecular formula is C19H24N4O3S2. The van der Waals surface area contributed by atoms with Crippen molar-refractivity contribution in [3.8, 4) is 0 Å². The highest BCUT2D eigenvalue weighted by Gasteiger charge is 2.29. The first kappa shape index (κ1) is 19.4. The van der Waals surface area contributed by atoms with Crippen molar-refractivity contribution in [1.29, 1.82) is 0 Å². The Kier molecular flexibility index (Phi) is 5.46. The van der Waals surface area contributed by atoms with Crippen molar-refractivity contribution < 1.29 is 13.2 Å². The van der Waals surface area contributed by atoms with Gasteiger partial charge in [-0.15, -0.1) is 10.2 Å².